The number of nitrogens with zero attached hydrogens (tertiary/aromatic N) is 4. The zero-order valence-electron chi connectivity index (χ0n) is 11.5. The third-order valence-electron chi connectivity index (χ3n) is 3.72. The minimum Gasteiger partial charge on any atom is -0.376 e. The van der Waals surface area contributed by atoms with E-state index in [1.165, 1.54) is 18.3 Å². The van der Waals surface area contributed by atoms with Gasteiger partial charge >= 0.3 is 0 Å². The fourth-order valence-corrected chi connectivity index (χ4v) is 2.44. The topological polar surface area (TPSA) is 52.8 Å². The number of fused-ring (bicyclic) bond motifs is 1. The summed E-state index contributed by atoms with van der Waals surface area (Å²) in [6.07, 6.45) is 4.23. The lowest BCUT2D eigenvalue weighted by atomic mass is 10.1. The Hall–Kier alpha value is -2.41. The Morgan fingerprint density at radius 1 is 1.27 bits per heavy atom. The molecule has 7 heteroatoms. The molecule has 1 fully saturated rings. The first kappa shape index (κ1) is 13.3. The molecule has 112 valence electrons. The lowest BCUT2D eigenvalue weighted by Gasteiger charge is -2.26. The van der Waals surface area contributed by atoms with Crippen LogP contribution in [0.5, 0.6) is 0 Å². The molecule has 0 spiro atoms. The van der Waals surface area contributed by atoms with E-state index in [0.717, 1.165) is 19.1 Å². The maximum atomic E-state index is 13.8. The zero-order chi connectivity index (χ0) is 15.1. The summed E-state index contributed by atoms with van der Waals surface area (Å²) in [5, 5.41) is 4.25. The number of hydrogen-bond acceptors (Lipinski definition) is 4. The van der Waals surface area contributed by atoms with Gasteiger partial charge in [-0.25, -0.2) is 23.4 Å². The van der Waals surface area contributed by atoms with Gasteiger partial charge < -0.3 is 4.74 Å². The highest BCUT2D eigenvalue weighted by molar-refractivity contribution is 5.73. The van der Waals surface area contributed by atoms with Gasteiger partial charge in [0.25, 0.3) is 0 Å². The van der Waals surface area contributed by atoms with Crippen LogP contribution in [0.25, 0.3) is 22.4 Å². The molecule has 1 atom stereocenters. The monoisotopic (exact) mass is 302 g/mol. The Balaban J connectivity index is 1.71. The van der Waals surface area contributed by atoms with Crippen molar-refractivity contribution in [3.05, 3.63) is 42.2 Å². The second-order valence-electron chi connectivity index (χ2n) is 5.20. The quantitative estimate of drug-likeness (QED) is 0.746. The number of hydrogen-bond donors (Lipinski definition) is 0. The van der Waals surface area contributed by atoms with E-state index in [4.69, 9.17) is 4.74 Å². The van der Waals surface area contributed by atoms with Gasteiger partial charge in [0, 0.05) is 18.2 Å². The number of benzene rings is 1. The summed E-state index contributed by atoms with van der Waals surface area (Å²) >= 11 is 0. The molecule has 1 saturated heterocycles. The van der Waals surface area contributed by atoms with Crippen molar-refractivity contribution in [3.8, 4) is 11.3 Å². The lowest BCUT2D eigenvalue weighted by molar-refractivity contribution is -0.0603. The molecule has 0 N–H and O–H groups in total. The van der Waals surface area contributed by atoms with Crippen molar-refractivity contribution in [1.82, 2.24) is 19.7 Å². The van der Waals surface area contributed by atoms with Crippen LogP contribution in [-0.4, -0.2) is 32.5 Å². The van der Waals surface area contributed by atoms with Gasteiger partial charge in [0.2, 0.25) is 0 Å². The van der Waals surface area contributed by atoms with Crippen molar-refractivity contribution in [2.24, 2.45) is 0 Å². The van der Waals surface area contributed by atoms with Gasteiger partial charge in [-0.15, -0.1) is 0 Å². The summed E-state index contributed by atoms with van der Waals surface area (Å²) in [5.41, 5.74) is 1.76. The van der Waals surface area contributed by atoms with Gasteiger partial charge in [-0.1, -0.05) is 0 Å². The second-order valence-corrected chi connectivity index (χ2v) is 5.20. The molecule has 22 heavy (non-hydrogen) atoms. The Labute approximate surface area is 124 Å². The molecule has 0 aliphatic carbocycles. The van der Waals surface area contributed by atoms with Crippen molar-refractivity contribution in [3.63, 3.8) is 0 Å². The van der Waals surface area contributed by atoms with Gasteiger partial charge in [0.05, 0.1) is 30.7 Å². The lowest BCUT2D eigenvalue weighted by Crippen LogP contribution is -2.31. The maximum Gasteiger partial charge on any atom is 0.176 e. The molecule has 4 rings (SSSR count). The van der Waals surface area contributed by atoms with Gasteiger partial charge in [-0.3, -0.25) is 0 Å². The van der Waals surface area contributed by atoms with Gasteiger partial charge in [-0.05, 0) is 18.6 Å². The first-order chi connectivity index (χ1) is 10.7. The summed E-state index contributed by atoms with van der Waals surface area (Å²) in [6.45, 7) is 1.41. The van der Waals surface area contributed by atoms with Crippen LogP contribution in [0.2, 0.25) is 0 Å². The van der Waals surface area contributed by atoms with Crippen molar-refractivity contribution >= 4 is 11.2 Å². The minimum atomic E-state index is -0.663. The summed E-state index contributed by atoms with van der Waals surface area (Å²) in [6, 6.07) is 3.38. The van der Waals surface area contributed by atoms with E-state index >= 15 is 0 Å². The molecule has 1 aromatic carbocycles. The minimum absolute atomic E-state index is 0.166. The van der Waals surface area contributed by atoms with Crippen LogP contribution in [0, 0.1) is 11.6 Å². The SMILES string of the molecule is Fc1ccc(-c2cnc3c(cnn3CC3CCO3)n2)c(F)c1. The normalized spacial score (nSPS) is 17.6. The summed E-state index contributed by atoms with van der Waals surface area (Å²) in [4.78, 5) is 8.67. The summed E-state index contributed by atoms with van der Waals surface area (Å²) in [5.74, 6) is -1.28. The average Bonchev–Trinajstić information content (AvgIpc) is 2.85. The van der Waals surface area contributed by atoms with E-state index in [2.05, 4.69) is 15.1 Å². The first-order valence-corrected chi connectivity index (χ1v) is 6.96. The first-order valence-electron chi connectivity index (χ1n) is 6.96. The third-order valence-corrected chi connectivity index (χ3v) is 3.72. The molecule has 1 aliphatic heterocycles. The molecule has 3 heterocycles. The molecule has 3 aromatic rings. The Morgan fingerprint density at radius 3 is 2.86 bits per heavy atom. The molecule has 0 amide bonds. The fourth-order valence-electron chi connectivity index (χ4n) is 2.44. The summed E-state index contributed by atoms with van der Waals surface area (Å²) in [7, 11) is 0. The van der Waals surface area contributed by atoms with E-state index in [9.17, 15) is 8.78 Å². The molecule has 0 radical (unpaired) electrons. The highest BCUT2D eigenvalue weighted by Crippen LogP contribution is 2.23. The predicted molar refractivity (Wildman–Crippen MR) is 75.0 cm³/mol. The van der Waals surface area contributed by atoms with Crippen LogP contribution >= 0.6 is 0 Å². The van der Waals surface area contributed by atoms with Crippen LogP contribution in [0.3, 0.4) is 0 Å². The fraction of sp³-hybridized carbons (Fsp3) is 0.267. The molecular formula is C15H12F2N4O. The second kappa shape index (κ2) is 5.10. The molecule has 1 aliphatic rings. The van der Waals surface area contributed by atoms with Gasteiger partial charge in [0.15, 0.2) is 5.65 Å². The van der Waals surface area contributed by atoms with Crippen molar-refractivity contribution < 1.29 is 13.5 Å². The van der Waals surface area contributed by atoms with Crippen LogP contribution in [0.4, 0.5) is 8.78 Å². The Bertz CT molecular complexity index is 845. The molecular weight excluding hydrogens is 290 g/mol. The number of rotatable bonds is 3. The van der Waals surface area contributed by atoms with E-state index in [-0.39, 0.29) is 11.7 Å². The third kappa shape index (κ3) is 2.23. The largest absolute Gasteiger partial charge is 0.376 e. The Morgan fingerprint density at radius 2 is 2.14 bits per heavy atom. The highest BCUT2D eigenvalue weighted by Gasteiger charge is 2.20. The molecule has 1 unspecified atom stereocenters. The van der Waals surface area contributed by atoms with Crippen LogP contribution in [0.15, 0.2) is 30.6 Å². The van der Waals surface area contributed by atoms with E-state index < -0.39 is 11.6 Å². The van der Waals surface area contributed by atoms with Crippen LogP contribution < -0.4 is 0 Å². The van der Waals surface area contributed by atoms with Crippen molar-refractivity contribution in [1.29, 1.82) is 0 Å². The van der Waals surface area contributed by atoms with Gasteiger partial charge in [-0.2, -0.15) is 5.10 Å². The number of ether oxygens (including phenoxy) is 1. The van der Waals surface area contributed by atoms with E-state index in [1.807, 2.05) is 0 Å². The van der Waals surface area contributed by atoms with Crippen molar-refractivity contribution in [2.45, 2.75) is 19.1 Å². The summed E-state index contributed by atoms with van der Waals surface area (Å²) < 4.78 is 33.9. The van der Waals surface area contributed by atoms with Crippen LogP contribution in [0.1, 0.15) is 6.42 Å². The van der Waals surface area contributed by atoms with E-state index in [1.54, 1.807) is 10.9 Å². The Kier molecular flexibility index (Phi) is 3.07. The van der Waals surface area contributed by atoms with E-state index in [0.29, 0.717) is 23.4 Å². The molecule has 0 bridgehead atoms. The van der Waals surface area contributed by atoms with Crippen molar-refractivity contribution in [2.75, 3.05) is 6.61 Å². The molecule has 2 aromatic heterocycles. The zero-order valence-corrected chi connectivity index (χ0v) is 11.5. The van der Waals surface area contributed by atoms with Gasteiger partial charge in [0.1, 0.15) is 17.2 Å². The van der Waals surface area contributed by atoms with Crippen LogP contribution in [-0.2, 0) is 11.3 Å². The predicted octanol–water partition coefficient (Wildman–Crippen LogP) is 2.56. The average molecular weight is 302 g/mol. The molecule has 0 saturated carbocycles. The number of halogens is 2. The smallest absolute Gasteiger partial charge is 0.176 e. The number of aromatic nitrogens is 4. The maximum absolute atomic E-state index is 13.8. The molecule has 5 nitrogen and oxygen atoms in total. The highest BCUT2D eigenvalue weighted by atomic mass is 19.1. The standard InChI is InChI=1S/C15H12F2N4O/c16-9-1-2-11(12(17)5-9)13-6-18-15-14(20-13)7-19-21(15)8-10-3-4-22-10/h1-2,5-7,10H,3-4,8H2.